The standard InChI is InChI=1S/C28H43N3O3/c1-28(2,19-32)27(34)30(18-20-7-4-3-5-8-20)13-14-31-24-11-12-25(31)17-23(16-24)21-9-6-10-22(15-21)26(29)33/h6,9-10,15,20,23-25,32H,3-5,7-8,11-14,16-19H2,1-2H3,(H2,29,33)/t23-,24+,25-. The second kappa shape index (κ2) is 10.8. The van der Waals surface area contributed by atoms with Crippen molar-refractivity contribution in [3.05, 3.63) is 35.4 Å². The number of hydrogen-bond donors (Lipinski definition) is 2. The molecule has 2 amide bonds. The number of primary amides is 1. The lowest BCUT2D eigenvalue weighted by atomic mass is 9.84. The van der Waals surface area contributed by atoms with Crippen LogP contribution in [0.2, 0.25) is 0 Å². The zero-order chi connectivity index (χ0) is 24.3. The van der Waals surface area contributed by atoms with Crippen LogP contribution < -0.4 is 5.73 Å². The van der Waals surface area contributed by atoms with E-state index in [1.807, 2.05) is 26.0 Å². The van der Waals surface area contributed by atoms with Crippen molar-refractivity contribution in [3.8, 4) is 0 Å². The third-order valence-electron chi connectivity index (χ3n) is 8.62. The van der Waals surface area contributed by atoms with Gasteiger partial charge in [0, 0.05) is 37.3 Å². The average Bonchev–Trinajstić information content (AvgIpc) is 3.08. The van der Waals surface area contributed by atoms with Gasteiger partial charge in [0.25, 0.3) is 0 Å². The summed E-state index contributed by atoms with van der Waals surface area (Å²) in [6, 6.07) is 8.90. The molecular weight excluding hydrogens is 426 g/mol. The third-order valence-corrected chi connectivity index (χ3v) is 8.62. The van der Waals surface area contributed by atoms with E-state index < -0.39 is 5.41 Å². The van der Waals surface area contributed by atoms with Gasteiger partial charge in [-0.05, 0) is 81.9 Å². The van der Waals surface area contributed by atoms with E-state index in [0.29, 0.717) is 29.5 Å². The Bertz CT molecular complexity index is 850. The summed E-state index contributed by atoms with van der Waals surface area (Å²) in [5, 5.41) is 9.83. The summed E-state index contributed by atoms with van der Waals surface area (Å²) < 4.78 is 0. The number of nitrogens with zero attached hydrogens (tertiary/aromatic N) is 2. The van der Waals surface area contributed by atoms with Gasteiger partial charge in [0.05, 0.1) is 12.0 Å². The number of carbonyl (C=O) groups excluding carboxylic acids is 2. The van der Waals surface area contributed by atoms with Gasteiger partial charge < -0.3 is 15.7 Å². The maximum Gasteiger partial charge on any atom is 0.248 e. The second-order valence-corrected chi connectivity index (χ2v) is 11.6. The molecule has 2 saturated heterocycles. The number of fused-ring (bicyclic) bond motifs is 2. The molecule has 1 saturated carbocycles. The summed E-state index contributed by atoms with van der Waals surface area (Å²) in [6.07, 6.45) is 10.9. The van der Waals surface area contributed by atoms with Crippen molar-refractivity contribution in [2.45, 2.75) is 89.6 Å². The van der Waals surface area contributed by atoms with Gasteiger partial charge in [-0.15, -0.1) is 0 Å². The van der Waals surface area contributed by atoms with E-state index in [1.165, 1.54) is 50.5 Å². The molecule has 6 nitrogen and oxygen atoms in total. The first-order valence-corrected chi connectivity index (χ1v) is 13.3. The molecule has 2 heterocycles. The van der Waals surface area contributed by atoms with Gasteiger partial charge in [0.1, 0.15) is 0 Å². The predicted octanol–water partition coefficient (Wildman–Crippen LogP) is 3.92. The van der Waals surface area contributed by atoms with E-state index in [0.717, 1.165) is 32.5 Å². The minimum atomic E-state index is -0.730. The molecule has 2 aliphatic heterocycles. The number of nitrogens with two attached hydrogens (primary N) is 1. The first-order chi connectivity index (χ1) is 16.3. The minimum absolute atomic E-state index is 0.0890. The summed E-state index contributed by atoms with van der Waals surface area (Å²) >= 11 is 0. The van der Waals surface area contributed by atoms with Crippen molar-refractivity contribution in [1.29, 1.82) is 0 Å². The molecule has 0 spiro atoms. The van der Waals surface area contributed by atoms with Crippen LogP contribution in [0.5, 0.6) is 0 Å². The van der Waals surface area contributed by atoms with Gasteiger partial charge in [-0.1, -0.05) is 31.4 Å². The molecule has 1 aromatic rings. The largest absolute Gasteiger partial charge is 0.395 e. The van der Waals surface area contributed by atoms with Crippen LogP contribution in [0.15, 0.2) is 24.3 Å². The van der Waals surface area contributed by atoms with Crippen LogP contribution in [0.25, 0.3) is 0 Å². The first-order valence-electron chi connectivity index (χ1n) is 13.3. The molecule has 188 valence electrons. The summed E-state index contributed by atoms with van der Waals surface area (Å²) in [5.74, 6) is 0.774. The first kappa shape index (κ1) is 25.2. The smallest absolute Gasteiger partial charge is 0.248 e. The van der Waals surface area contributed by atoms with Crippen LogP contribution in [0.3, 0.4) is 0 Å². The summed E-state index contributed by atoms with van der Waals surface area (Å²) in [5.41, 5.74) is 6.60. The molecule has 1 aromatic carbocycles. The summed E-state index contributed by atoms with van der Waals surface area (Å²) in [6.45, 7) is 6.08. The molecule has 3 N–H and O–H groups in total. The van der Waals surface area contributed by atoms with Gasteiger partial charge in [0.2, 0.25) is 11.8 Å². The SMILES string of the molecule is CC(C)(CO)C(=O)N(CCN1[C@@H]2CC[C@H]1C[C@@H](c1cccc(C(N)=O)c1)C2)CC1CCCCC1. The van der Waals surface area contributed by atoms with E-state index in [9.17, 15) is 14.7 Å². The van der Waals surface area contributed by atoms with Gasteiger partial charge in [-0.2, -0.15) is 0 Å². The number of rotatable bonds is 9. The molecule has 3 aliphatic rings. The van der Waals surface area contributed by atoms with E-state index >= 15 is 0 Å². The number of benzene rings is 1. The molecule has 4 rings (SSSR count). The highest BCUT2D eigenvalue weighted by Gasteiger charge is 2.41. The summed E-state index contributed by atoms with van der Waals surface area (Å²) in [4.78, 5) is 29.7. The van der Waals surface area contributed by atoms with E-state index in [2.05, 4.69) is 15.9 Å². The van der Waals surface area contributed by atoms with Crippen molar-refractivity contribution in [3.63, 3.8) is 0 Å². The van der Waals surface area contributed by atoms with Gasteiger partial charge in [-0.3, -0.25) is 14.5 Å². The van der Waals surface area contributed by atoms with Crippen molar-refractivity contribution < 1.29 is 14.7 Å². The molecule has 1 aliphatic carbocycles. The van der Waals surface area contributed by atoms with Crippen LogP contribution in [0, 0.1) is 11.3 Å². The maximum atomic E-state index is 13.4. The lowest BCUT2D eigenvalue weighted by molar-refractivity contribution is -0.143. The Morgan fingerprint density at radius 3 is 2.38 bits per heavy atom. The summed E-state index contributed by atoms with van der Waals surface area (Å²) in [7, 11) is 0. The Morgan fingerprint density at radius 2 is 1.76 bits per heavy atom. The minimum Gasteiger partial charge on any atom is -0.395 e. The molecule has 3 atom stereocenters. The Balaban J connectivity index is 1.40. The fraction of sp³-hybridized carbons (Fsp3) is 0.714. The number of aliphatic hydroxyl groups excluding tert-OH is 1. The number of carbonyl (C=O) groups is 2. The Hall–Kier alpha value is -1.92. The van der Waals surface area contributed by atoms with Crippen molar-refractivity contribution >= 4 is 11.8 Å². The molecule has 0 unspecified atom stereocenters. The van der Waals surface area contributed by atoms with Crippen LogP contribution >= 0.6 is 0 Å². The molecule has 2 bridgehead atoms. The normalized spacial score (nSPS) is 25.9. The Morgan fingerprint density at radius 1 is 1.09 bits per heavy atom. The fourth-order valence-corrected chi connectivity index (χ4v) is 6.55. The van der Waals surface area contributed by atoms with Gasteiger partial charge in [0.15, 0.2) is 0 Å². The second-order valence-electron chi connectivity index (χ2n) is 11.6. The predicted molar refractivity (Wildman–Crippen MR) is 134 cm³/mol. The van der Waals surface area contributed by atoms with Crippen molar-refractivity contribution in [2.24, 2.45) is 17.1 Å². The molecule has 3 fully saturated rings. The number of aliphatic hydroxyl groups is 1. The lowest BCUT2D eigenvalue weighted by Crippen LogP contribution is -2.50. The van der Waals surface area contributed by atoms with Crippen molar-refractivity contribution in [1.82, 2.24) is 9.80 Å². The van der Waals surface area contributed by atoms with Crippen LogP contribution in [-0.2, 0) is 4.79 Å². The Kier molecular flexibility index (Phi) is 7.98. The quantitative estimate of drug-likeness (QED) is 0.574. The lowest BCUT2D eigenvalue weighted by Gasteiger charge is -2.41. The zero-order valence-corrected chi connectivity index (χ0v) is 21.0. The van der Waals surface area contributed by atoms with Crippen LogP contribution in [0.1, 0.15) is 93.5 Å². The molecule has 0 radical (unpaired) electrons. The topological polar surface area (TPSA) is 86.9 Å². The van der Waals surface area contributed by atoms with Crippen LogP contribution in [0.4, 0.5) is 0 Å². The van der Waals surface area contributed by atoms with E-state index in [1.54, 1.807) is 6.07 Å². The monoisotopic (exact) mass is 469 g/mol. The fourth-order valence-electron chi connectivity index (χ4n) is 6.55. The maximum absolute atomic E-state index is 13.4. The highest BCUT2D eigenvalue weighted by molar-refractivity contribution is 5.92. The van der Waals surface area contributed by atoms with Gasteiger partial charge in [-0.25, -0.2) is 0 Å². The highest BCUT2D eigenvalue weighted by Crippen LogP contribution is 2.43. The molecule has 0 aromatic heterocycles. The molecule has 34 heavy (non-hydrogen) atoms. The Labute approximate surface area is 204 Å². The molecular formula is C28H43N3O3. The van der Waals surface area contributed by atoms with E-state index in [-0.39, 0.29) is 18.4 Å². The number of piperidine rings is 1. The average molecular weight is 470 g/mol. The molecule has 6 heteroatoms. The zero-order valence-electron chi connectivity index (χ0n) is 21.0. The highest BCUT2D eigenvalue weighted by atomic mass is 16.3. The number of hydrogen-bond acceptors (Lipinski definition) is 4. The van der Waals surface area contributed by atoms with Crippen molar-refractivity contribution in [2.75, 3.05) is 26.2 Å². The van der Waals surface area contributed by atoms with Gasteiger partial charge >= 0.3 is 0 Å². The third kappa shape index (κ3) is 5.65. The number of amides is 2. The van der Waals surface area contributed by atoms with Crippen LogP contribution in [-0.4, -0.2) is 65.0 Å². The van der Waals surface area contributed by atoms with E-state index in [4.69, 9.17) is 5.73 Å².